The first-order chi connectivity index (χ1) is 9.80. The van der Waals surface area contributed by atoms with Crippen molar-refractivity contribution in [2.45, 2.75) is 30.3 Å². The van der Waals surface area contributed by atoms with E-state index in [0.717, 1.165) is 18.6 Å². The predicted octanol–water partition coefficient (Wildman–Crippen LogP) is 0.660. The second kappa shape index (κ2) is 5.94. The summed E-state index contributed by atoms with van der Waals surface area (Å²) in [5.74, 6) is -4.05. The lowest BCUT2D eigenvalue weighted by Gasteiger charge is -2.16. The number of rotatable bonds is 3. The first kappa shape index (κ1) is 15.6. The maximum atomic E-state index is 13.8. The third kappa shape index (κ3) is 3.48. The number of ether oxygens (including phenoxy) is 1. The molecular formula is C12H14F2N2O4S. The number of halogens is 2. The fourth-order valence-corrected chi connectivity index (χ4v) is 2.60. The van der Waals surface area contributed by atoms with Gasteiger partial charge in [-0.2, -0.15) is 4.39 Å². The molecule has 3 N–H and O–H groups in total. The van der Waals surface area contributed by atoms with Crippen LogP contribution in [0.15, 0.2) is 17.0 Å². The maximum absolute atomic E-state index is 13.8. The summed E-state index contributed by atoms with van der Waals surface area (Å²) in [6, 6.07) is 1.74. The number of amides is 1. The van der Waals surface area contributed by atoms with E-state index in [1.54, 1.807) is 0 Å². The van der Waals surface area contributed by atoms with E-state index in [0.29, 0.717) is 19.4 Å². The molecule has 6 nitrogen and oxygen atoms in total. The summed E-state index contributed by atoms with van der Waals surface area (Å²) in [6.07, 6.45) is 0.890. The van der Waals surface area contributed by atoms with Gasteiger partial charge in [-0.15, -0.1) is 0 Å². The topological polar surface area (TPSA) is 98.5 Å². The van der Waals surface area contributed by atoms with Gasteiger partial charge in [-0.1, -0.05) is 0 Å². The van der Waals surface area contributed by atoms with Crippen LogP contribution in [0.2, 0.25) is 0 Å². The lowest BCUT2D eigenvalue weighted by molar-refractivity contribution is -0.127. The lowest BCUT2D eigenvalue weighted by atomic mass is 10.2. The van der Waals surface area contributed by atoms with E-state index in [9.17, 15) is 22.0 Å². The zero-order valence-electron chi connectivity index (χ0n) is 10.9. The van der Waals surface area contributed by atoms with Gasteiger partial charge in [0, 0.05) is 6.54 Å². The van der Waals surface area contributed by atoms with Crippen molar-refractivity contribution in [1.82, 2.24) is 5.32 Å². The van der Waals surface area contributed by atoms with Gasteiger partial charge in [0.05, 0.1) is 0 Å². The number of sulfonamides is 1. The van der Waals surface area contributed by atoms with E-state index >= 15 is 0 Å². The molecule has 1 atom stereocenters. The van der Waals surface area contributed by atoms with Crippen molar-refractivity contribution in [3.63, 3.8) is 0 Å². The number of nitrogens with two attached hydrogens (primary N) is 1. The molecule has 2 rings (SSSR count). The zero-order valence-corrected chi connectivity index (χ0v) is 11.8. The van der Waals surface area contributed by atoms with E-state index in [1.165, 1.54) is 0 Å². The lowest BCUT2D eigenvalue weighted by Crippen LogP contribution is -2.36. The Morgan fingerprint density at radius 2 is 1.95 bits per heavy atom. The van der Waals surface area contributed by atoms with Crippen LogP contribution in [0, 0.1) is 11.6 Å². The van der Waals surface area contributed by atoms with Gasteiger partial charge in [0.2, 0.25) is 15.8 Å². The summed E-state index contributed by atoms with van der Waals surface area (Å²) in [4.78, 5) is 10.7. The molecule has 1 aliphatic rings. The molecule has 0 aromatic heterocycles. The average Bonchev–Trinajstić information content (AvgIpc) is 2.59. The van der Waals surface area contributed by atoms with E-state index in [-0.39, 0.29) is 0 Å². The van der Waals surface area contributed by atoms with Crippen molar-refractivity contribution in [1.29, 1.82) is 0 Å². The number of nitrogens with one attached hydrogen (secondary N) is 1. The van der Waals surface area contributed by atoms with Gasteiger partial charge in [0.25, 0.3) is 5.91 Å². The van der Waals surface area contributed by atoms with Crippen molar-refractivity contribution in [2.24, 2.45) is 5.14 Å². The molecule has 0 bridgehead atoms. The molecule has 0 aliphatic carbocycles. The fraction of sp³-hybridized carbons (Fsp3) is 0.417. The fourth-order valence-electron chi connectivity index (χ4n) is 2.00. The highest BCUT2D eigenvalue weighted by Gasteiger charge is 2.26. The van der Waals surface area contributed by atoms with Gasteiger partial charge in [0.1, 0.15) is 4.90 Å². The largest absolute Gasteiger partial charge is 0.477 e. The van der Waals surface area contributed by atoms with Crippen molar-refractivity contribution in [3.8, 4) is 5.75 Å². The van der Waals surface area contributed by atoms with Gasteiger partial charge >= 0.3 is 0 Å². The molecule has 0 saturated carbocycles. The van der Waals surface area contributed by atoms with Crippen LogP contribution in [0.5, 0.6) is 5.75 Å². The second-order valence-corrected chi connectivity index (χ2v) is 6.16. The number of benzene rings is 1. The summed E-state index contributed by atoms with van der Waals surface area (Å²) in [5, 5.41) is 7.35. The second-order valence-electron chi connectivity index (χ2n) is 4.63. The van der Waals surface area contributed by atoms with E-state index in [4.69, 9.17) is 9.88 Å². The number of carbonyl (C=O) groups excluding carboxylic acids is 1. The third-order valence-corrected chi connectivity index (χ3v) is 4.00. The van der Waals surface area contributed by atoms with Crippen LogP contribution in [0.1, 0.15) is 19.3 Å². The monoisotopic (exact) mass is 320 g/mol. The summed E-state index contributed by atoms with van der Waals surface area (Å²) in [6.45, 7) is 0.500. The van der Waals surface area contributed by atoms with Crippen LogP contribution < -0.4 is 15.2 Å². The molecule has 1 amide bonds. The Labute approximate surface area is 120 Å². The standard InChI is InChI=1S/C12H14F2N2O4S/c13-10-7(4-5-9(11(10)14)21(15,18)19)20-8-3-1-2-6-16-12(8)17/h4-5,8H,1-3,6H2,(H,16,17)(H2,15,18,19). The minimum atomic E-state index is -4.37. The molecule has 116 valence electrons. The number of hydrogen-bond acceptors (Lipinski definition) is 4. The Bertz CT molecular complexity index is 663. The van der Waals surface area contributed by atoms with Crippen molar-refractivity contribution < 1.29 is 26.7 Å². The molecule has 1 saturated heterocycles. The van der Waals surface area contributed by atoms with Crippen molar-refractivity contribution >= 4 is 15.9 Å². The Morgan fingerprint density at radius 3 is 2.62 bits per heavy atom. The van der Waals surface area contributed by atoms with Crippen LogP contribution in [-0.2, 0) is 14.8 Å². The highest BCUT2D eigenvalue weighted by atomic mass is 32.2. The van der Waals surface area contributed by atoms with Crippen LogP contribution in [-0.4, -0.2) is 27.0 Å². The molecule has 1 heterocycles. The number of hydrogen-bond donors (Lipinski definition) is 2. The Hall–Kier alpha value is -1.74. The minimum Gasteiger partial charge on any atom is -0.477 e. The summed E-state index contributed by atoms with van der Waals surface area (Å²) in [7, 11) is -4.37. The summed E-state index contributed by atoms with van der Waals surface area (Å²) in [5.41, 5.74) is 0. The molecular weight excluding hydrogens is 306 g/mol. The molecule has 21 heavy (non-hydrogen) atoms. The quantitative estimate of drug-likeness (QED) is 0.854. The molecule has 9 heteroatoms. The first-order valence-corrected chi connectivity index (χ1v) is 7.80. The van der Waals surface area contributed by atoms with Crippen LogP contribution in [0.25, 0.3) is 0 Å². The maximum Gasteiger partial charge on any atom is 0.261 e. The van der Waals surface area contributed by atoms with Gasteiger partial charge in [-0.05, 0) is 31.4 Å². The van der Waals surface area contributed by atoms with Gasteiger partial charge in [0.15, 0.2) is 17.7 Å². The highest BCUT2D eigenvalue weighted by Crippen LogP contribution is 2.26. The van der Waals surface area contributed by atoms with Crippen LogP contribution in [0.4, 0.5) is 8.78 Å². The van der Waals surface area contributed by atoms with E-state index in [1.807, 2.05) is 0 Å². The summed E-state index contributed by atoms with van der Waals surface area (Å²) >= 11 is 0. The van der Waals surface area contributed by atoms with E-state index < -0.39 is 44.3 Å². The van der Waals surface area contributed by atoms with Crippen molar-refractivity contribution in [3.05, 3.63) is 23.8 Å². The molecule has 1 aromatic carbocycles. The molecule has 0 radical (unpaired) electrons. The van der Waals surface area contributed by atoms with Crippen LogP contribution >= 0.6 is 0 Å². The first-order valence-electron chi connectivity index (χ1n) is 6.26. The summed E-state index contributed by atoms with van der Waals surface area (Å²) < 4.78 is 54.8. The SMILES string of the molecule is NS(=O)(=O)c1ccc(OC2CCCCNC2=O)c(F)c1F. The third-order valence-electron chi connectivity index (χ3n) is 3.07. The normalized spacial score (nSPS) is 19.8. The van der Waals surface area contributed by atoms with Gasteiger partial charge in [-0.3, -0.25) is 4.79 Å². The molecule has 0 spiro atoms. The molecule has 1 fully saturated rings. The highest BCUT2D eigenvalue weighted by molar-refractivity contribution is 7.89. The molecule has 1 aromatic rings. The smallest absolute Gasteiger partial charge is 0.261 e. The Kier molecular flexibility index (Phi) is 4.43. The Balaban J connectivity index is 2.29. The number of primary sulfonamides is 1. The van der Waals surface area contributed by atoms with Gasteiger partial charge < -0.3 is 10.1 Å². The van der Waals surface area contributed by atoms with Crippen molar-refractivity contribution in [2.75, 3.05) is 6.54 Å². The average molecular weight is 320 g/mol. The van der Waals surface area contributed by atoms with E-state index in [2.05, 4.69) is 5.32 Å². The van der Waals surface area contributed by atoms with Crippen LogP contribution in [0.3, 0.4) is 0 Å². The predicted molar refractivity (Wildman–Crippen MR) is 69.0 cm³/mol. The number of carbonyl (C=O) groups is 1. The Morgan fingerprint density at radius 1 is 1.24 bits per heavy atom. The minimum absolute atomic E-state index is 0.365. The zero-order chi connectivity index (χ0) is 15.6. The molecule has 1 unspecified atom stereocenters. The van der Waals surface area contributed by atoms with Gasteiger partial charge in [-0.25, -0.2) is 17.9 Å². The molecule has 1 aliphatic heterocycles.